The van der Waals surface area contributed by atoms with E-state index >= 15 is 0 Å². The Balaban J connectivity index is 1.80. The second-order valence-electron chi connectivity index (χ2n) is 4.65. The molecular weight excluding hydrogens is 214 g/mol. The van der Waals surface area contributed by atoms with E-state index in [2.05, 4.69) is 16.1 Å². The summed E-state index contributed by atoms with van der Waals surface area (Å²) in [6, 6.07) is 6.33. The number of aliphatic hydroxyl groups excluding tert-OH is 1. The summed E-state index contributed by atoms with van der Waals surface area (Å²) in [7, 11) is 0. The molecule has 0 amide bonds. The zero-order valence-electron chi connectivity index (χ0n) is 9.79. The van der Waals surface area contributed by atoms with Crippen molar-refractivity contribution < 1.29 is 5.11 Å². The first kappa shape index (κ1) is 10.7. The molecule has 2 aromatic rings. The number of rotatable bonds is 3. The second kappa shape index (κ2) is 4.47. The number of imidazole rings is 1. The van der Waals surface area contributed by atoms with E-state index in [0.29, 0.717) is 6.04 Å². The van der Waals surface area contributed by atoms with E-state index in [1.807, 2.05) is 28.8 Å². The van der Waals surface area contributed by atoms with Gasteiger partial charge in [0.05, 0.1) is 12.3 Å². The van der Waals surface area contributed by atoms with Crippen LogP contribution in [0.3, 0.4) is 0 Å². The number of fused-ring (bicyclic) bond motifs is 1. The average molecular weight is 231 g/mol. The van der Waals surface area contributed by atoms with E-state index in [0.717, 1.165) is 30.9 Å². The molecule has 0 saturated carbocycles. The fourth-order valence-electron chi connectivity index (χ4n) is 2.58. The Bertz CT molecular complexity index is 475. The van der Waals surface area contributed by atoms with Crippen molar-refractivity contribution in [1.82, 2.24) is 14.3 Å². The van der Waals surface area contributed by atoms with E-state index < -0.39 is 0 Å². The molecule has 4 heteroatoms. The van der Waals surface area contributed by atoms with E-state index in [-0.39, 0.29) is 6.61 Å². The minimum absolute atomic E-state index is 0.257. The lowest BCUT2D eigenvalue weighted by atomic mass is 10.2. The van der Waals surface area contributed by atoms with E-state index in [4.69, 9.17) is 0 Å². The van der Waals surface area contributed by atoms with Crippen LogP contribution in [0.4, 0.5) is 0 Å². The third-order valence-corrected chi connectivity index (χ3v) is 3.49. The molecular formula is C13H17N3O. The molecule has 90 valence electrons. The highest BCUT2D eigenvalue weighted by molar-refractivity contribution is 5.39. The van der Waals surface area contributed by atoms with Gasteiger partial charge in [-0.2, -0.15) is 0 Å². The first-order chi connectivity index (χ1) is 8.36. The van der Waals surface area contributed by atoms with Crippen LogP contribution in [0.15, 0.2) is 30.6 Å². The van der Waals surface area contributed by atoms with Crippen molar-refractivity contribution in [2.75, 3.05) is 13.2 Å². The minimum Gasteiger partial charge on any atom is -0.395 e. The van der Waals surface area contributed by atoms with Gasteiger partial charge in [0.1, 0.15) is 5.65 Å². The normalized spacial score (nSPS) is 21.4. The van der Waals surface area contributed by atoms with Crippen LogP contribution in [-0.2, 0) is 6.54 Å². The fraction of sp³-hybridized carbons (Fsp3) is 0.462. The standard InChI is InChI=1S/C13H17N3O/c17-10-12-4-3-7-15(12)8-11-9-16-6-2-1-5-13(16)14-11/h1-2,5-6,9,12,17H,3-4,7-8,10H2. The molecule has 1 saturated heterocycles. The predicted octanol–water partition coefficient (Wildman–Crippen LogP) is 1.29. The Morgan fingerprint density at radius 3 is 3.18 bits per heavy atom. The van der Waals surface area contributed by atoms with Crippen LogP contribution in [0.5, 0.6) is 0 Å². The zero-order chi connectivity index (χ0) is 11.7. The van der Waals surface area contributed by atoms with Crippen LogP contribution in [0.25, 0.3) is 5.65 Å². The predicted molar refractivity (Wildman–Crippen MR) is 65.7 cm³/mol. The molecule has 17 heavy (non-hydrogen) atoms. The molecule has 1 atom stereocenters. The van der Waals surface area contributed by atoms with Gasteiger partial charge in [0.25, 0.3) is 0 Å². The monoisotopic (exact) mass is 231 g/mol. The summed E-state index contributed by atoms with van der Waals surface area (Å²) >= 11 is 0. The van der Waals surface area contributed by atoms with Crippen LogP contribution >= 0.6 is 0 Å². The van der Waals surface area contributed by atoms with Crippen molar-refractivity contribution in [3.8, 4) is 0 Å². The smallest absolute Gasteiger partial charge is 0.137 e. The van der Waals surface area contributed by atoms with Gasteiger partial charge in [0.2, 0.25) is 0 Å². The molecule has 0 aromatic carbocycles. The van der Waals surface area contributed by atoms with Crippen molar-refractivity contribution in [2.45, 2.75) is 25.4 Å². The number of hydrogen-bond acceptors (Lipinski definition) is 3. The Morgan fingerprint density at radius 1 is 1.41 bits per heavy atom. The van der Waals surface area contributed by atoms with Gasteiger partial charge in [0, 0.05) is 25.0 Å². The Hall–Kier alpha value is -1.39. The largest absolute Gasteiger partial charge is 0.395 e. The highest BCUT2D eigenvalue weighted by Gasteiger charge is 2.24. The van der Waals surface area contributed by atoms with Crippen molar-refractivity contribution >= 4 is 5.65 Å². The highest BCUT2D eigenvalue weighted by atomic mass is 16.3. The van der Waals surface area contributed by atoms with E-state index in [9.17, 15) is 5.11 Å². The summed E-state index contributed by atoms with van der Waals surface area (Å²) in [4.78, 5) is 6.91. The molecule has 2 aromatic heterocycles. The Labute approximate surface area is 101 Å². The number of pyridine rings is 1. The van der Waals surface area contributed by atoms with Crippen LogP contribution in [0.1, 0.15) is 18.5 Å². The van der Waals surface area contributed by atoms with Crippen LogP contribution in [0.2, 0.25) is 0 Å². The van der Waals surface area contributed by atoms with Crippen molar-refractivity contribution in [2.24, 2.45) is 0 Å². The molecule has 1 unspecified atom stereocenters. The summed E-state index contributed by atoms with van der Waals surface area (Å²) in [6.07, 6.45) is 6.36. The summed E-state index contributed by atoms with van der Waals surface area (Å²) < 4.78 is 2.04. The Kier molecular flexibility index (Phi) is 2.82. The number of aliphatic hydroxyl groups is 1. The molecule has 3 heterocycles. The molecule has 1 N–H and O–H groups in total. The topological polar surface area (TPSA) is 40.8 Å². The number of nitrogens with zero attached hydrogens (tertiary/aromatic N) is 3. The Morgan fingerprint density at radius 2 is 2.35 bits per heavy atom. The summed E-state index contributed by atoms with van der Waals surface area (Å²) in [5.74, 6) is 0. The number of aromatic nitrogens is 2. The van der Waals surface area contributed by atoms with Gasteiger partial charge in [0.15, 0.2) is 0 Å². The van der Waals surface area contributed by atoms with Crippen LogP contribution in [-0.4, -0.2) is 38.6 Å². The fourth-order valence-corrected chi connectivity index (χ4v) is 2.58. The van der Waals surface area contributed by atoms with Crippen molar-refractivity contribution in [1.29, 1.82) is 0 Å². The second-order valence-corrected chi connectivity index (χ2v) is 4.65. The quantitative estimate of drug-likeness (QED) is 0.865. The molecule has 1 fully saturated rings. The third-order valence-electron chi connectivity index (χ3n) is 3.49. The van der Waals surface area contributed by atoms with Crippen molar-refractivity contribution in [3.63, 3.8) is 0 Å². The van der Waals surface area contributed by atoms with Gasteiger partial charge in [-0.15, -0.1) is 0 Å². The minimum atomic E-state index is 0.257. The van der Waals surface area contributed by atoms with E-state index in [1.165, 1.54) is 6.42 Å². The zero-order valence-corrected chi connectivity index (χ0v) is 9.79. The lowest BCUT2D eigenvalue weighted by Gasteiger charge is -2.21. The third kappa shape index (κ3) is 2.06. The molecule has 0 spiro atoms. The number of likely N-dealkylation sites (tertiary alicyclic amines) is 1. The maximum Gasteiger partial charge on any atom is 0.137 e. The SMILES string of the molecule is OCC1CCCN1Cc1cn2ccccc2n1. The van der Waals surface area contributed by atoms with Gasteiger partial charge in [-0.25, -0.2) is 4.98 Å². The molecule has 0 aliphatic carbocycles. The maximum atomic E-state index is 9.29. The lowest BCUT2D eigenvalue weighted by molar-refractivity contribution is 0.152. The molecule has 4 nitrogen and oxygen atoms in total. The molecule has 0 radical (unpaired) electrons. The first-order valence-corrected chi connectivity index (χ1v) is 6.14. The summed E-state index contributed by atoms with van der Waals surface area (Å²) in [6.45, 7) is 2.17. The van der Waals surface area contributed by atoms with Gasteiger partial charge in [-0.05, 0) is 31.5 Å². The molecule has 1 aliphatic rings. The average Bonchev–Trinajstić information content (AvgIpc) is 2.94. The molecule has 0 bridgehead atoms. The first-order valence-electron chi connectivity index (χ1n) is 6.14. The molecule has 1 aliphatic heterocycles. The summed E-state index contributed by atoms with van der Waals surface area (Å²) in [5, 5.41) is 9.29. The van der Waals surface area contributed by atoms with Gasteiger partial charge in [-0.1, -0.05) is 6.07 Å². The highest BCUT2D eigenvalue weighted by Crippen LogP contribution is 2.19. The lowest BCUT2D eigenvalue weighted by Crippen LogP contribution is -2.31. The van der Waals surface area contributed by atoms with Gasteiger partial charge < -0.3 is 9.51 Å². The van der Waals surface area contributed by atoms with Crippen molar-refractivity contribution in [3.05, 3.63) is 36.3 Å². The van der Waals surface area contributed by atoms with E-state index in [1.54, 1.807) is 0 Å². The molecule has 3 rings (SSSR count). The maximum absolute atomic E-state index is 9.29. The number of hydrogen-bond donors (Lipinski definition) is 1. The van der Waals surface area contributed by atoms with Crippen LogP contribution in [0, 0.1) is 0 Å². The van der Waals surface area contributed by atoms with Gasteiger partial charge in [-0.3, -0.25) is 4.90 Å². The van der Waals surface area contributed by atoms with Gasteiger partial charge >= 0.3 is 0 Å². The summed E-state index contributed by atoms with van der Waals surface area (Å²) in [5.41, 5.74) is 2.07. The van der Waals surface area contributed by atoms with Crippen LogP contribution < -0.4 is 0 Å².